The summed E-state index contributed by atoms with van der Waals surface area (Å²) >= 11 is 0. The van der Waals surface area contributed by atoms with Crippen LogP contribution in [0, 0.1) is 5.92 Å². The van der Waals surface area contributed by atoms with E-state index in [1.165, 1.54) is 5.56 Å². The van der Waals surface area contributed by atoms with Gasteiger partial charge in [-0.1, -0.05) is 12.1 Å². The highest BCUT2D eigenvalue weighted by Gasteiger charge is 2.33. The number of carbonyl (C=O) groups excluding carboxylic acids is 1. The molecule has 0 radical (unpaired) electrons. The lowest BCUT2D eigenvalue weighted by atomic mass is 9.90. The molecule has 1 aromatic carbocycles. The average molecular weight is 246 g/mol. The van der Waals surface area contributed by atoms with Crippen LogP contribution in [-0.2, 0) is 11.2 Å². The summed E-state index contributed by atoms with van der Waals surface area (Å²) in [5.41, 5.74) is 1.91. The third kappa shape index (κ3) is 1.93. The highest BCUT2D eigenvalue weighted by Crippen LogP contribution is 2.33. The second-order valence-electron chi connectivity index (χ2n) is 5.08. The van der Waals surface area contributed by atoms with Crippen LogP contribution in [0.3, 0.4) is 0 Å². The van der Waals surface area contributed by atoms with E-state index >= 15 is 0 Å². The molecule has 1 saturated heterocycles. The molecule has 2 heterocycles. The SMILES string of the molecule is CC1OCCC1C(=O)c1cccc2c1OCCC2. The van der Waals surface area contributed by atoms with Crippen molar-refractivity contribution in [1.29, 1.82) is 0 Å². The van der Waals surface area contributed by atoms with Gasteiger partial charge >= 0.3 is 0 Å². The summed E-state index contributed by atoms with van der Waals surface area (Å²) in [7, 11) is 0. The van der Waals surface area contributed by atoms with E-state index in [0.717, 1.165) is 30.6 Å². The lowest BCUT2D eigenvalue weighted by molar-refractivity contribution is 0.0760. The maximum Gasteiger partial charge on any atom is 0.172 e. The molecular formula is C15H18O3. The fourth-order valence-corrected chi connectivity index (χ4v) is 2.86. The average Bonchev–Trinajstić information content (AvgIpc) is 2.83. The van der Waals surface area contributed by atoms with Crippen molar-refractivity contribution in [1.82, 2.24) is 0 Å². The quantitative estimate of drug-likeness (QED) is 0.752. The van der Waals surface area contributed by atoms with Gasteiger partial charge in [0.15, 0.2) is 5.78 Å². The Hall–Kier alpha value is -1.35. The van der Waals surface area contributed by atoms with Crippen molar-refractivity contribution in [3.8, 4) is 5.75 Å². The highest BCUT2D eigenvalue weighted by atomic mass is 16.5. The Morgan fingerprint density at radius 3 is 3.00 bits per heavy atom. The van der Waals surface area contributed by atoms with E-state index in [0.29, 0.717) is 13.2 Å². The number of Topliss-reactive ketones (excluding diaryl/α,β-unsaturated/α-hetero) is 1. The number of hydrogen-bond acceptors (Lipinski definition) is 3. The molecule has 3 nitrogen and oxygen atoms in total. The van der Waals surface area contributed by atoms with Gasteiger partial charge in [-0.2, -0.15) is 0 Å². The van der Waals surface area contributed by atoms with Crippen molar-refractivity contribution in [3.05, 3.63) is 29.3 Å². The van der Waals surface area contributed by atoms with E-state index in [-0.39, 0.29) is 17.8 Å². The smallest absolute Gasteiger partial charge is 0.172 e. The Kier molecular flexibility index (Phi) is 3.08. The first-order valence-corrected chi connectivity index (χ1v) is 6.68. The molecule has 2 aliphatic heterocycles. The van der Waals surface area contributed by atoms with Gasteiger partial charge in [-0.15, -0.1) is 0 Å². The Bertz CT molecular complexity index is 467. The first-order valence-electron chi connectivity index (χ1n) is 6.68. The molecule has 0 aromatic heterocycles. The fourth-order valence-electron chi connectivity index (χ4n) is 2.86. The molecule has 3 heteroatoms. The first-order chi connectivity index (χ1) is 8.77. The lowest BCUT2D eigenvalue weighted by Gasteiger charge is -2.21. The normalized spacial score (nSPS) is 26.5. The maximum absolute atomic E-state index is 12.6. The van der Waals surface area contributed by atoms with Crippen LogP contribution < -0.4 is 4.74 Å². The van der Waals surface area contributed by atoms with Gasteiger partial charge in [0.25, 0.3) is 0 Å². The van der Waals surface area contributed by atoms with Gasteiger partial charge in [-0.3, -0.25) is 4.79 Å². The van der Waals surface area contributed by atoms with Gasteiger partial charge in [0, 0.05) is 6.61 Å². The molecule has 3 rings (SSSR count). The van der Waals surface area contributed by atoms with Crippen LogP contribution >= 0.6 is 0 Å². The highest BCUT2D eigenvalue weighted by molar-refractivity contribution is 6.01. The van der Waals surface area contributed by atoms with Crippen LogP contribution in [0.2, 0.25) is 0 Å². The predicted octanol–water partition coefficient (Wildman–Crippen LogP) is 2.62. The Morgan fingerprint density at radius 2 is 2.22 bits per heavy atom. The van der Waals surface area contributed by atoms with E-state index < -0.39 is 0 Å². The fraction of sp³-hybridized carbons (Fsp3) is 0.533. The summed E-state index contributed by atoms with van der Waals surface area (Å²) in [6, 6.07) is 5.90. The minimum Gasteiger partial charge on any atom is -0.493 e. The number of hydrogen-bond donors (Lipinski definition) is 0. The number of benzene rings is 1. The predicted molar refractivity (Wildman–Crippen MR) is 68.1 cm³/mol. The first kappa shape index (κ1) is 11.7. The molecule has 2 unspecified atom stereocenters. The molecule has 1 aromatic rings. The zero-order valence-corrected chi connectivity index (χ0v) is 10.6. The summed E-state index contributed by atoms with van der Waals surface area (Å²) in [6.45, 7) is 3.38. The number of para-hydroxylation sites is 1. The number of rotatable bonds is 2. The van der Waals surface area contributed by atoms with E-state index in [1.54, 1.807) is 0 Å². The van der Waals surface area contributed by atoms with Gasteiger partial charge < -0.3 is 9.47 Å². The van der Waals surface area contributed by atoms with Crippen molar-refractivity contribution in [2.75, 3.05) is 13.2 Å². The molecule has 0 amide bonds. The van der Waals surface area contributed by atoms with Gasteiger partial charge in [-0.25, -0.2) is 0 Å². The van der Waals surface area contributed by atoms with Crippen molar-refractivity contribution in [3.63, 3.8) is 0 Å². The Morgan fingerprint density at radius 1 is 1.33 bits per heavy atom. The summed E-state index contributed by atoms with van der Waals surface area (Å²) in [5, 5.41) is 0. The molecule has 0 bridgehead atoms. The van der Waals surface area contributed by atoms with Crippen molar-refractivity contribution in [2.45, 2.75) is 32.3 Å². The number of ether oxygens (including phenoxy) is 2. The third-order valence-electron chi connectivity index (χ3n) is 3.91. The van der Waals surface area contributed by atoms with Gasteiger partial charge in [0.1, 0.15) is 5.75 Å². The summed E-state index contributed by atoms with van der Waals surface area (Å²) in [6.07, 6.45) is 2.89. The molecule has 0 aliphatic carbocycles. The number of fused-ring (bicyclic) bond motifs is 1. The summed E-state index contributed by atoms with van der Waals surface area (Å²) in [4.78, 5) is 12.6. The molecular weight excluding hydrogens is 228 g/mol. The van der Waals surface area contributed by atoms with Crippen LogP contribution in [0.4, 0.5) is 0 Å². The molecule has 96 valence electrons. The van der Waals surface area contributed by atoms with E-state index in [2.05, 4.69) is 6.07 Å². The number of ketones is 1. The lowest BCUT2D eigenvalue weighted by Crippen LogP contribution is -2.23. The summed E-state index contributed by atoms with van der Waals surface area (Å²) < 4.78 is 11.2. The van der Waals surface area contributed by atoms with Crippen molar-refractivity contribution in [2.24, 2.45) is 5.92 Å². The van der Waals surface area contributed by atoms with Crippen LogP contribution in [0.15, 0.2) is 18.2 Å². The van der Waals surface area contributed by atoms with E-state index in [1.807, 2.05) is 19.1 Å². The molecule has 2 aliphatic rings. The third-order valence-corrected chi connectivity index (χ3v) is 3.91. The topological polar surface area (TPSA) is 35.5 Å². The summed E-state index contributed by atoms with van der Waals surface area (Å²) in [5.74, 6) is 0.980. The molecule has 18 heavy (non-hydrogen) atoms. The standard InChI is InChI=1S/C15H18O3/c1-10-12(7-9-17-10)14(16)13-6-2-4-11-5-3-8-18-15(11)13/h2,4,6,10,12H,3,5,7-9H2,1H3. The molecule has 0 saturated carbocycles. The second-order valence-corrected chi connectivity index (χ2v) is 5.08. The minimum absolute atomic E-state index is 0.0120. The van der Waals surface area contributed by atoms with Gasteiger partial charge in [0.2, 0.25) is 0 Å². The van der Waals surface area contributed by atoms with Crippen LogP contribution in [0.25, 0.3) is 0 Å². The van der Waals surface area contributed by atoms with Gasteiger partial charge in [-0.05, 0) is 37.8 Å². The number of carbonyl (C=O) groups is 1. The van der Waals surface area contributed by atoms with E-state index in [9.17, 15) is 4.79 Å². The van der Waals surface area contributed by atoms with E-state index in [4.69, 9.17) is 9.47 Å². The Labute approximate surface area is 107 Å². The van der Waals surface area contributed by atoms with Crippen LogP contribution in [-0.4, -0.2) is 25.1 Å². The molecule has 0 N–H and O–H groups in total. The minimum atomic E-state index is -0.0120. The van der Waals surface area contributed by atoms with Crippen molar-refractivity contribution < 1.29 is 14.3 Å². The maximum atomic E-state index is 12.6. The largest absolute Gasteiger partial charge is 0.493 e. The zero-order chi connectivity index (χ0) is 12.5. The molecule has 2 atom stereocenters. The Balaban J connectivity index is 1.94. The van der Waals surface area contributed by atoms with Crippen LogP contribution in [0.5, 0.6) is 5.75 Å². The number of aryl methyl sites for hydroxylation is 1. The second kappa shape index (κ2) is 4.73. The zero-order valence-electron chi connectivity index (χ0n) is 10.6. The van der Waals surface area contributed by atoms with Crippen molar-refractivity contribution >= 4 is 5.78 Å². The molecule has 0 spiro atoms. The molecule has 1 fully saturated rings. The monoisotopic (exact) mass is 246 g/mol. The van der Waals surface area contributed by atoms with Crippen LogP contribution in [0.1, 0.15) is 35.7 Å². The van der Waals surface area contributed by atoms with Gasteiger partial charge in [0.05, 0.1) is 24.2 Å².